The first-order valence-corrected chi connectivity index (χ1v) is 20.7. The molecule has 324 valence electrons. The van der Waals surface area contributed by atoms with Gasteiger partial charge in [-0.1, -0.05) is 42.5 Å². The quantitative estimate of drug-likeness (QED) is 0.126. The molecule has 62 heavy (non-hydrogen) atoms. The van der Waals surface area contributed by atoms with Crippen LogP contribution in [0.3, 0.4) is 0 Å². The van der Waals surface area contributed by atoms with Crippen LogP contribution in [0.2, 0.25) is 0 Å². The lowest BCUT2D eigenvalue weighted by molar-refractivity contribution is -0.176. The highest BCUT2D eigenvalue weighted by molar-refractivity contribution is 7.99. The predicted molar refractivity (Wildman–Crippen MR) is 217 cm³/mol. The Morgan fingerprint density at radius 3 is 2.47 bits per heavy atom. The van der Waals surface area contributed by atoms with Crippen LogP contribution in [-0.2, 0) is 30.3 Å². The second kappa shape index (κ2) is 16.7. The Morgan fingerprint density at radius 1 is 1.05 bits per heavy atom. The minimum Gasteiger partial charge on any atom is -0.493 e. The number of benzene rings is 3. The molecule has 1 amide bonds. The molecule has 2 saturated heterocycles. The van der Waals surface area contributed by atoms with Crippen molar-refractivity contribution in [2.45, 2.75) is 74.9 Å². The smallest absolute Gasteiger partial charge is 0.471 e. The van der Waals surface area contributed by atoms with Crippen molar-refractivity contribution in [3.63, 3.8) is 0 Å². The van der Waals surface area contributed by atoms with E-state index >= 15 is 0 Å². The standard InChI is InChI=1S/C44H41F3N4O10S/c1-6-14-50-27-16-25-15-21(2)36(56-5)40(61-30(53)13-12-24-10-8-7-9-11-24)31(25)34(50)35-41-33-32(39-38(58-20-59-39)22(3)37(33)60-23(4)52)29(51(35)28(27)17-48)18-57-42(54)26(19-62-41)49-43(55)44(45,46)47/h6-13,15,26-29,34-35,41H,1,14,16,18-20H2,2-5H3,(H,49,55)/b13-12+/t26?,27?,28-,29-,34?,35?,41+/m0/s1. The maximum atomic E-state index is 13.8. The molecule has 0 spiro atoms. The molecule has 14 nitrogen and oxygen atoms in total. The van der Waals surface area contributed by atoms with E-state index in [-0.39, 0.29) is 42.1 Å². The van der Waals surface area contributed by atoms with Gasteiger partial charge < -0.3 is 33.7 Å². The molecule has 5 aliphatic rings. The van der Waals surface area contributed by atoms with Crippen LogP contribution < -0.4 is 29.0 Å². The van der Waals surface area contributed by atoms with E-state index in [2.05, 4.69) is 17.5 Å². The fourth-order valence-electron chi connectivity index (χ4n) is 9.50. The Morgan fingerprint density at radius 2 is 1.79 bits per heavy atom. The van der Waals surface area contributed by atoms with Crippen molar-refractivity contribution in [3.05, 3.63) is 94.1 Å². The summed E-state index contributed by atoms with van der Waals surface area (Å²) in [6.45, 7) is 8.26. The molecule has 3 aromatic rings. The van der Waals surface area contributed by atoms with Crippen LogP contribution in [0.5, 0.6) is 28.7 Å². The van der Waals surface area contributed by atoms with Crippen LogP contribution in [0.15, 0.2) is 55.1 Å². The van der Waals surface area contributed by atoms with Gasteiger partial charge in [-0.3, -0.25) is 19.4 Å². The third-order valence-electron chi connectivity index (χ3n) is 11.8. The highest BCUT2D eigenvalue weighted by Gasteiger charge is 2.61. The summed E-state index contributed by atoms with van der Waals surface area (Å²) in [6, 6.07) is 7.69. The van der Waals surface area contributed by atoms with Gasteiger partial charge in [0, 0.05) is 59.6 Å². The number of thioether (sulfide) groups is 1. The number of halogens is 3. The highest BCUT2D eigenvalue weighted by atomic mass is 32.2. The summed E-state index contributed by atoms with van der Waals surface area (Å²) in [5.74, 6) is -4.24. The van der Waals surface area contributed by atoms with Crippen molar-refractivity contribution in [1.82, 2.24) is 15.1 Å². The van der Waals surface area contributed by atoms with Gasteiger partial charge in [0.05, 0.1) is 30.5 Å². The number of ether oxygens (including phenoxy) is 6. The second-order valence-electron chi connectivity index (χ2n) is 15.4. The monoisotopic (exact) mass is 874 g/mol. The molecule has 5 aliphatic heterocycles. The van der Waals surface area contributed by atoms with Crippen LogP contribution in [0, 0.1) is 25.2 Å². The van der Waals surface area contributed by atoms with E-state index in [0.717, 1.165) is 22.9 Å². The molecule has 0 radical (unpaired) electrons. The second-order valence-corrected chi connectivity index (χ2v) is 16.5. The Kier molecular flexibility index (Phi) is 11.5. The molecule has 2 fully saturated rings. The Balaban J connectivity index is 1.39. The molecular weight excluding hydrogens is 834 g/mol. The van der Waals surface area contributed by atoms with E-state index in [4.69, 9.17) is 28.4 Å². The molecule has 0 saturated carbocycles. The largest absolute Gasteiger partial charge is 0.493 e. The number of fused-ring (bicyclic) bond motifs is 9. The lowest BCUT2D eigenvalue weighted by atomic mass is 9.71. The maximum Gasteiger partial charge on any atom is 0.471 e. The van der Waals surface area contributed by atoms with Crippen molar-refractivity contribution in [2.75, 3.05) is 32.8 Å². The molecule has 1 N–H and O–H groups in total. The van der Waals surface area contributed by atoms with E-state index in [0.29, 0.717) is 34.2 Å². The van der Waals surface area contributed by atoms with Gasteiger partial charge in [-0.05, 0) is 43.0 Å². The number of amides is 1. The van der Waals surface area contributed by atoms with Crippen molar-refractivity contribution in [3.8, 4) is 34.8 Å². The van der Waals surface area contributed by atoms with Crippen molar-refractivity contribution >= 4 is 41.7 Å². The zero-order valence-corrected chi connectivity index (χ0v) is 34.8. The zero-order valence-electron chi connectivity index (χ0n) is 33.9. The minimum atomic E-state index is -5.31. The first kappa shape index (κ1) is 42.7. The van der Waals surface area contributed by atoms with E-state index < -0.39 is 83.9 Å². The number of nitrogens with zero attached hydrogens (tertiary/aromatic N) is 3. The topological polar surface area (TPSA) is 166 Å². The fourth-order valence-corrected chi connectivity index (χ4v) is 11.0. The molecule has 0 aromatic heterocycles. The third-order valence-corrected chi connectivity index (χ3v) is 13.2. The molecule has 7 atom stereocenters. The van der Waals surface area contributed by atoms with Gasteiger partial charge in [-0.15, -0.1) is 18.3 Å². The van der Waals surface area contributed by atoms with Crippen molar-refractivity contribution < 1.29 is 60.8 Å². The zero-order chi connectivity index (χ0) is 44.2. The molecule has 4 bridgehead atoms. The van der Waals surface area contributed by atoms with E-state index in [9.17, 15) is 37.6 Å². The van der Waals surface area contributed by atoms with E-state index in [1.54, 1.807) is 24.4 Å². The number of nitrogens with one attached hydrogen (secondary N) is 1. The number of cyclic esters (lactones) is 1. The maximum absolute atomic E-state index is 13.8. The van der Waals surface area contributed by atoms with Gasteiger partial charge in [0.25, 0.3) is 0 Å². The average Bonchev–Trinajstić information content (AvgIpc) is 3.73. The molecule has 3 aromatic carbocycles. The highest BCUT2D eigenvalue weighted by Crippen LogP contribution is 2.64. The number of aryl methyl sites for hydroxylation is 1. The molecule has 4 unspecified atom stereocenters. The van der Waals surface area contributed by atoms with Crippen LogP contribution in [-0.4, -0.2) is 96.8 Å². The third kappa shape index (κ3) is 7.31. The first-order chi connectivity index (χ1) is 29.7. The molecule has 5 heterocycles. The van der Waals surface area contributed by atoms with E-state index in [1.807, 2.05) is 48.2 Å². The number of piperazine rings is 1. The van der Waals surface area contributed by atoms with Crippen molar-refractivity contribution in [1.29, 1.82) is 5.26 Å². The van der Waals surface area contributed by atoms with Gasteiger partial charge in [0.1, 0.15) is 24.4 Å². The molecule has 8 rings (SSSR count). The van der Waals surface area contributed by atoms with Crippen LogP contribution in [0.25, 0.3) is 6.08 Å². The van der Waals surface area contributed by atoms with Crippen molar-refractivity contribution in [2.24, 2.45) is 0 Å². The van der Waals surface area contributed by atoms with Gasteiger partial charge in [0.15, 0.2) is 23.0 Å². The number of hydrogen-bond donors (Lipinski definition) is 1. The summed E-state index contributed by atoms with van der Waals surface area (Å²) in [5, 5.41) is 12.1. The number of alkyl halides is 3. The summed E-state index contributed by atoms with van der Waals surface area (Å²) >= 11 is 1.01. The summed E-state index contributed by atoms with van der Waals surface area (Å²) in [5.41, 5.74) is 3.94. The predicted octanol–water partition coefficient (Wildman–Crippen LogP) is 5.75. The molecule has 0 aliphatic carbocycles. The fraction of sp³-hybridized carbons (Fsp3) is 0.386. The SMILES string of the molecule is C=CCN1C2c3c(cc(C)c(OC)c3OC(=O)/C=C/c3ccccc3)CC1[C@H](C#N)N1C2[C@@H]2SCC(NC(=O)C(F)(F)F)C(=O)OC[C@H]1c1c3c(c(C)c(OC(C)=O)c12)OCO3. The Hall–Kier alpha value is -6.03. The molecular formula is C44H41F3N4O10S. The van der Waals surface area contributed by atoms with Gasteiger partial charge in [-0.2, -0.15) is 18.4 Å². The number of nitriles is 1. The van der Waals surface area contributed by atoms with Crippen LogP contribution in [0.1, 0.15) is 63.2 Å². The lowest BCUT2D eigenvalue weighted by Gasteiger charge is -2.62. The number of rotatable bonds is 8. The Bertz CT molecular complexity index is 2440. The van der Waals surface area contributed by atoms with Gasteiger partial charge in [0.2, 0.25) is 6.79 Å². The van der Waals surface area contributed by atoms with E-state index in [1.165, 1.54) is 20.1 Å². The number of carbonyl (C=O) groups excluding carboxylic acids is 4. The van der Waals surface area contributed by atoms with Gasteiger partial charge in [-0.25, -0.2) is 9.59 Å². The Labute approximate surface area is 358 Å². The number of hydrogen-bond acceptors (Lipinski definition) is 14. The summed E-state index contributed by atoms with van der Waals surface area (Å²) in [7, 11) is 1.45. The van der Waals surface area contributed by atoms with Crippen LogP contribution in [0.4, 0.5) is 13.2 Å². The summed E-state index contributed by atoms with van der Waals surface area (Å²) in [6.07, 6.45) is -0.414. The number of esters is 3. The lowest BCUT2D eigenvalue weighted by Crippen LogP contribution is -2.70. The van der Waals surface area contributed by atoms with Crippen LogP contribution >= 0.6 is 11.8 Å². The number of carbonyl (C=O) groups is 4. The summed E-state index contributed by atoms with van der Waals surface area (Å²) in [4.78, 5) is 56.8. The van der Waals surface area contributed by atoms with Gasteiger partial charge >= 0.3 is 30.0 Å². The summed E-state index contributed by atoms with van der Waals surface area (Å²) < 4.78 is 77.0. The normalized spacial score (nSPS) is 25.1. The first-order valence-electron chi connectivity index (χ1n) is 19.7. The minimum absolute atomic E-state index is 0.0998. The molecule has 18 heteroatoms. The average molecular weight is 875 g/mol. The number of methoxy groups -OCH3 is 1.